The highest BCUT2D eigenvalue weighted by Crippen LogP contribution is 2.06. The molecule has 1 aromatic carbocycles. The number of hydrogen-bond donors (Lipinski definition) is 2. The quantitative estimate of drug-likeness (QED) is 0.642. The molecule has 0 unspecified atom stereocenters. The molecule has 0 radical (unpaired) electrons. The van der Waals surface area contributed by atoms with Gasteiger partial charge in [0, 0.05) is 18.7 Å². The largest absolute Gasteiger partial charge is 0.454 e. The number of ether oxygens (including phenoxy) is 1. The van der Waals surface area contributed by atoms with Crippen LogP contribution < -0.4 is 10.6 Å². The molecule has 1 aliphatic rings. The minimum absolute atomic E-state index is 0.246. The second-order valence-electron chi connectivity index (χ2n) is 5.56. The number of imide groups is 1. The van der Waals surface area contributed by atoms with Crippen LogP contribution >= 0.6 is 11.8 Å². The molecular formula is C17H21N3O5S. The summed E-state index contributed by atoms with van der Waals surface area (Å²) in [5, 5.41) is 5.14. The molecule has 0 spiro atoms. The molecule has 1 aromatic rings. The molecule has 2 N–H and O–H groups in total. The molecule has 1 aliphatic heterocycles. The normalized spacial score (nSPS) is 14.5. The van der Waals surface area contributed by atoms with Gasteiger partial charge in [-0.2, -0.15) is 11.8 Å². The van der Waals surface area contributed by atoms with Crippen LogP contribution in [-0.4, -0.2) is 66.5 Å². The molecule has 1 atom stereocenters. The molecule has 1 fully saturated rings. The van der Waals surface area contributed by atoms with E-state index in [-0.39, 0.29) is 12.5 Å². The molecule has 140 valence electrons. The van der Waals surface area contributed by atoms with Gasteiger partial charge in [0.1, 0.15) is 6.04 Å². The summed E-state index contributed by atoms with van der Waals surface area (Å²) >= 11 is 1.53. The number of carbonyl (C=O) groups excluding carboxylic acids is 4. The van der Waals surface area contributed by atoms with E-state index >= 15 is 0 Å². The van der Waals surface area contributed by atoms with Gasteiger partial charge in [0.25, 0.3) is 11.8 Å². The van der Waals surface area contributed by atoms with Crippen LogP contribution in [0.1, 0.15) is 16.8 Å². The van der Waals surface area contributed by atoms with Crippen molar-refractivity contribution >= 4 is 35.6 Å². The number of esters is 1. The van der Waals surface area contributed by atoms with Crippen molar-refractivity contribution < 1.29 is 23.9 Å². The molecule has 1 heterocycles. The van der Waals surface area contributed by atoms with Crippen LogP contribution in [0.5, 0.6) is 0 Å². The van der Waals surface area contributed by atoms with Gasteiger partial charge in [-0.25, -0.2) is 9.59 Å². The van der Waals surface area contributed by atoms with Crippen molar-refractivity contribution in [1.82, 2.24) is 15.5 Å². The lowest BCUT2D eigenvalue weighted by molar-refractivity contribution is -0.152. The fourth-order valence-corrected chi connectivity index (χ4v) is 2.81. The Labute approximate surface area is 155 Å². The Morgan fingerprint density at radius 2 is 2.04 bits per heavy atom. The Hall–Kier alpha value is -2.55. The van der Waals surface area contributed by atoms with Crippen LogP contribution in [0.15, 0.2) is 30.3 Å². The summed E-state index contributed by atoms with van der Waals surface area (Å²) in [6.45, 7) is 0.0844. The number of amides is 4. The first kappa shape index (κ1) is 19.8. The fraction of sp³-hybridized carbons (Fsp3) is 0.412. The highest BCUT2D eigenvalue weighted by atomic mass is 32.2. The highest BCUT2D eigenvalue weighted by molar-refractivity contribution is 7.98. The smallest absolute Gasteiger partial charge is 0.329 e. The van der Waals surface area contributed by atoms with Crippen molar-refractivity contribution in [2.75, 3.05) is 31.7 Å². The predicted octanol–water partition coefficient (Wildman–Crippen LogP) is 0.633. The number of carbonyl (C=O) groups is 4. The Morgan fingerprint density at radius 1 is 1.31 bits per heavy atom. The average Bonchev–Trinajstić information content (AvgIpc) is 3.09. The van der Waals surface area contributed by atoms with Gasteiger partial charge < -0.3 is 15.4 Å². The summed E-state index contributed by atoms with van der Waals surface area (Å²) in [7, 11) is 0. The van der Waals surface area contributed by atoms with Crippen LogP contribution in [0.25, 0.3) is 0 Å². The maximum atomic E-state index is 12.3. The van der Waals surface area contributed by atoms with Crippen LogP contribution in [0, 0.1) is 0 Å². The number of rotatable bonds is 8. The molecule has 9 heteroatoms. The molecule has 1 saturated heterocycles. The van der Waals surface area contributed by atoms with E-state index in [9.17, 15) is 19.2 Å². The van der Waals surface area contributed by atoms with Crippen molar-refractivity contribution in [3.63, 3.8) is 0 Å². The Morgan fingerprint density at radius 3 is 2.65 bits per heavy atom. The monoisotopic (exact) mass is 379 g/mol. The van der Waals surface area contributed by atoms with Gasteiger partial charge in [0.2, 0.25) is 0 Å². The average molecular weight is 379 g/mol. The van der Waals surface area contributed by atoms with E-state index in [1.807, 2.05) is 6.26 Å². The standard InChI is InChI=1S/C17H21N3O5S/c1-26-10-7-13(19-15(22)12-5-3-2-4-6-12)16(23)25-11-14(21)20-9-8-18-17(20)24/h2-6,13H,7-11H2,1H3,(H,18,24)(H,19,22)/t13-/m1/s1. The maximum absolute atomic E-state index is 12.3. The number of urea groups is 1. The summed E-state index contributed by atoms with van der Waals surface area (Å²) in [6, 6.07) is 7.16. The number of nitrogens with one attached hydrogen (secondary N) is 2. The number of thioether (sulfide) groups is 1. The molecule has 0 aromatic heterocycles. The summed E-state index contributed by atoms with van der Waals surface area (Å²) in [5.41, 5.74) is 0.430. The first-order valence-corrected chi connectivity index (χ1v) is 9.52. The van der Waals surface area contributed by atoms with E-state index in [2.05, 4.69) is 10.6 Å². The van der Waals surface area contributed by atoms with Gasteiger partial charge in [-0.1, -0.05) is 18.2 Å². The van der Waals surface area contributed by atoms with Gasteiger partial charge in [-0.3, -0.25) is 14.5 Å². The second kappa shape index (κ2) is 9.81. The Bertz CT molecular complexity index is 668. The van der Waals surface area contributed by atoms with E-state index in [1.54, 1.807) is 30.3 Å². The highest BCUT2D eigenvalue weighted by Gasteiger charge is 2.28. The second-order valence-corrected chi connectivity index (χ2v) is 6.54. The SMILES string of the molecule is CSCC[C@@H](NC(=O)c1ccccc1)C(=O)OCC(=O)N1CCNC1=O. The van der Waals surface area contributed by atoms with Crippen LogP contribution in [-0.2, 0) is 14.3 Å². The predicted molar refractivity (Wildman–Crippen MR) is 96.8 cm³/mol. The zero-order chi connectivity index (χ0) is 18.9. The van der Waals surface area contributed by atoms with Crippen LogP contribution in [0.2, 0.25) is 0 Å². The van der Waals surface area contributed by atoms with Crippen molar-refractivity contribution in [3.8, 4) is 0 Å². The van der Waals surface area contributed by atoms with Crippen molar-refractivity contribution in [2.45, 2.75) is 12.5 Å². The minimum Gasteiger partial charge on any atom is -0.454 e. The van der Waals surface area contributed by atoms with E-state index < -0.39 is 30.6 Å². The molecule has 4 amide bonds. The summed E-state index contributed by atoms with van der Waals surface area (Å²) in [4.78, 5) is 48.9. The van der Waals surface area contributed by atoms with E-state index in [0.29, 0.717) is 24.3 Å². The van der Waals surface area contributed by atoms with E-state index in [0.717, 1.165) is 4.90 Å². The van der Waals surface area contributed by atoms with Gasteiger partial charge in [-0.05, 0) is 30.6 Å². The van der Waals surface area contributed by atoms with Gasteiger partial charge >= 0.3 is 12.0 Å². The zero-order valence-corrected chi connectivity index (χ0v) is 15.2. The summed E-state index contributed by atoms with van der Waals surface area (Å²) in [6.07, 6.45) is 2.26. The zero-order valence-electron chi connectivity index (χ0n) is 14.4. The fourth-order valence-electron chi connectivity index (χ4n) is 2.34. The van der Waals surface area contributed by atoms with E-state index in [4.69, 9.17) is 4.74 Å². The van der Waals surface area contributed by atoms with Crippen LogP contribution in [0.4, 0.5) is 4.79 Å². The Balaban J connectivity index is 1.92. The van der Waals surface area contributed by atoms with Crippen molar-refractivity contribution in [2.24, 2.45) is 0 Å². The van der Waals surface area contributed by atoms with Crippen molar-refractivity contribution in [3.05, 3.63) is 35.9 Å². The summed E-state index contributed by atoms with van der Waals surface area (Å²) in [5.74, 6) is -1.04. The molecular weight excluding hydrogens is 358 g/mol. The molecule has 0 aliphatic carbocycles. The third-order valence-electron chi connectivity index (χ3n) is 3.73. The molecule has 2 rings (SSSR count). The van der Waals surface area contributed by atoms with Gasteiger partial charge in [0.15, 0.2) is 6.61 Å². The lowest BCUT2D eigenvalue weighted by Crippen LogP contribution is -2.44. The minimum atomic E-state index is -0.865. The van der Waals surface area contributed by atoms with Gasteiger partial charge in [-0.15, -0.1) is 0 Å². The topological polar surface area (TPSA) is 105 Å². The molecule has 26 heavy (non-hydrogen) atoms. The molecule has 8 nitrogen and oxygen atoms in total. The van der Waals surface area contributed by atoms with Crippen molar-refractivity contribution in [1.29, 1.82) is 0 Å². The lowest BCUT2D eigenvalue weighted by Gasteiger charge is -2.18. The lowest BCUT2D eigenvalue weighted by atomic mass is 10.1. The first-order chi connectivity index (χ1) is 12.5. The number of benzene rings is 1. The third-order valence-corrected chi connectivity index (χ3v) is 4.38. The number of nitrogens with zero attached hydrogens (tertiary/aromatic N) is 1. The van der Waals surface area contributed by atoms with Crippen LogP contribution in [0.3, 0.4) is 0 Å². The molecule has 0 saturated carbocycles. The molecule has 0 bridgehead atoms. The Kier molecular flexibility index (Phi) is 7.46. The first-order valence-electron chi connectivity index (χ1n) is 8.12. The van der Waals surface area contributed by atoms with Gasteiger partial charge in [0.05, 0.1) is 0 Å². The summed E-state index contributed by atoms with van der Waals surface area (Å²) < 4.78 is 5.03. The third kappa shape index (κ3) is 5.48. The number of hydrogen-bond acceptors (Lipinski definition) is 6. The maximum Gasteiger partial charge on any atom is 0.329 e. The van der Waals surface area contributed by atoms with E-state index in [1.165, 1.54) is 11.8 Å².